The van der Waals surface area contributed by atoms with Crippen molar-refractivity contribution in [3.63, 3.8) is 0 Å². The summed E-state index contributed by atoms with van der Waals surface area (Å²) in [6, 6.07) is 2.97. The maximum absolute atomic E-state index is 11.8. The number of hydrogen-bond acceptors (Lipinski definition) is 4. The Morgan fingerprint density at radius 3 is 2.67 bits per heavy atom. The second-order valence-corrected chi connectivity index (χ2v) is 6.16. The molecule has 1 atom stereocenters. The van der Waals surface area contributed by atoms with Gasteiger partial charge in [0.05, 0.1) is 8.66 Å². The first-order chi connectivity index (χ1) is 8.54. The van der Waals surface area contributed by atoms with E-state index in [0.29, 0.717) is 18.0 Å². The maximum Gasteiger partial charge on any atom is 0.262 e. The van der Waals surface area contributed by atoms with Crippen molar-refractivity contribution in [2.45, 2.75) is 13.0 Å². The molecule has 100 valence electrons. The van der Waals surface area contributed by atoms with E-state index in [4.69, 9.17) is 0 Å². The fraction of sp³-hybridized carbons (Fsp3) is 0.455. The van der Waals surface area contributed by atoms with Crippen LogP contribution in [0.5, 0.6) is 0 Å². The van der Waals surface area contributed by atoms with Crippen molar-refractivity contribution in [1.82, 2.24) is 16.0 Å². The van der Waals surface area contributed by atoms with E-state index in [1.807, 2.05) is 7.05 Å². The topological polar surface area (TPSA) is 70.2 Å². The van der Waals surface area contributed by atoms with Gasteiger partial charge >= 0.3 is 0 Å². The van der Waals surface area contributed by atoms with Crippen molar-refractivity contribution in [3.8, 4) is 0 Å². The molecule has 0 spiro atoms. The van der Waals surface area contributed by atoms with Crippen molar-refractivity contribution in [3.05, 3.63) is 20.8 Å². The molecule has 2 amide bonds. The molecule has 5 nitrogen and oxygen atoms in total. The number of amides is 2. The van der Waals surface area contributed by atoms with Crippen molar-refractivity contribution < 1.29 is 9.59 Å². The molecule has 0 aliphatic rings. The quantitative estimate of drug-likeness (QED) is 0.679. The Morgan fingerprint density at radius 2 is 2.11 bits per heavy atom. The van der Waals surface area contributed by atoms with Crippen LogP contribution in [0.4, 0.5) is 0 Å². The van der Waals surface area contributed by atoms with Crippen LogP contribution in [0.25, 0.3) is 0 Å². The summed E-state index contributed by atoms with van der Waals surface area (Å²) in [7, 11) is 1.81. The minimum atomic E-state index is -0.546. The van der Waals surface area contributed by atoms with Gasteiger partial charge in [0.1, 0.15) is 6.04 Å². The lowest BCUT2D eigenvalue weighted by Gasteiger charge is -2.13. The summed E-state index contributed by atoms with van der Waals surface area (Å²) in [6.07, 6.45) is 0. The van der Waals surface area contributed by atoms with Crippen molar-refractivity contribution in [2.75, 3.05) is 20.1 Å². The van der Waals surface area contributed by atoms with E-state index >= 15 is 0 Å². The smallest absolute Gasteiger partial charge is 0.262 e. The van der Waals surface area contributed by atoms with Crippen LogP contribution in [0.2, 0.25) is 0 Å². The Hall–Kier alpha value is -0.920. The van der Waals surface area contributed by atoms with E-state index in [-0.39, 0.29) is 11.8 Å². The Morgan fingerprint density at radius 1 is 1.39 bits per heavy atom. The third kappa shape index (κ3) is 4.75. The highest BCUT2D eigenvalue weighted by Crippen LogP contribution is 2.21. The van der Waals surface area contributed by atoms with E-state index in [0.717, 1.165) is 3.79 Å². The summed E-state index contributed by atoms with van der Waals surface area (Å²) in [5.41, 5.74) is 0. The molecule has 0 radical (unpaired) electrons. The molecular formula is C11H16BrN3O2S. The first-order valence-electron chi connectivity index (χ1n) is 5.53. The summed E-state index contributed by atoms with van der Waals surface area (Å²) in [5.74, 6) is -0.420. The molecule has 3 N–H and O–H groups in total. The van der Waals surface area contributed by atoms with Gasteiger partial charge in [-0.05, 0) is 42.0 Å². The predicted octanol–water partition coefficient (Wildman–Crippen LogP) is 0.964. The number of nitrogens with one attached hydrogen (secondary N) is 3. The molecule has 18 heavy (non-hydrogen) atoms. The lowest BCUT2D eigenvalue weighted by molar-refractivity contribution is -0.122. The molecule has 1 aromatic heterocycles. The fourth-order valence-electron chi connectivity index (χ4n) is 1.23. The summed E-state index contributed by atoms with van der Waals surface area (Å²) < 4.78 is 0.888. The monoisotopic (exact) mass is 333 g/mol. The average molecular weight is 334 g/mol. The average Bonchev–Trinajstić information content (AvgIpc) is 2.76. The number of likely N-dealkylation sites (N-methyl/N-ethyl adjacent to an activating group) is 1. The third-order valence-corrected chi connectivity index (χ3v) is 3.83. The van der Waals surface area contributed by atoms with E-state index < -0.39 is 6.04 Å². The van der Waals surface area contributed by atoms with Crippen LogP contribution in [-0.2, 0) is 4.79 Å². The van der Waals surface area contributed by atoms with Crippen LogP contribution in [0, 0.1) is 0 Å². The standard InChI is InChI=1S/C11H16BrN3O2S/c1-7(10(16)14-6-5-13-2)15-11(17)8-3-4-9(12)18-8/h3-4,7,13H,5-6H2,1-2H3,(H,14,16)(H,15,17). The first kappa shape index (κ1) is 15.1. The Balaban J connectivity index is 2.41. The maximum atomic E-state index is 11.8. The molecule has 1 rings (SSSR count). The molecular weight excluding hydrogens is 318 g/mol. The zero-order valence-electron chi connectivity index (χ0n) is 10.2. The summed E-state index contributed by atoms with van der Waals surface area (Å²) in [6.45, 7) is 2.90. The normalized spacial score (nSPS) is 11.9. The number of rotatable bonds is 6. The highest BCUT2D eigenvalue weighted by Gasteiger charge is 2.16. The van der Waals surface area contributed by atoms with Gasteiger partial charge in [0, 0.05) is 13.1 Å². The summed E-state index contributed by atoms with van der Waals surface area (Å²) >= 11 is 4.62. The van der Waals surface area contributed by atoms with Gasteiger partial charge < -0.3 is 16.0 Å². The Labute approximate surface area is 118 Å². The van der Waals surface area contributed by atoms with Crippen LogP contribution >= 0.6 is 27.3 Å². The number of halogens is 1. The molecule has 1 heterocycles. The molecule has 0 aliphatic carbocycles. The van der Waals surface area contributed by atoms with E-state index in [9.17, 15) is 9.59 Å². The van der Waals surface area contributed by atoms with E-state index in [2.05, 4.69) is 31.9 Å². The number of carbonyl (C=O) groups excluding carboxylic acids is 2. The minimum Gasteiger partial charge on any atom is -0.353 e. The zero-order valence-corrected chi connectivity index (χ0v) is 12.7. The zero-order chi connectivity index (χ0) is 13.5. The van der Waals surface area contributed by atoms with Crippen LogP contribution in [0.3, 0.4) is 0 Å². The van der Waals surface area contributed by atoms with Crippen LogP contribution in [0.15, 0.2) is 15.9 Å². The summed E-state index contributed by atoms with van der Waals surface area (Å²) in [4.78, 5) is 24.0. The molecule has 0 saturated carbocycles. The lowest BCUT2D eigenvalue weighted by Crippen LogP contribution is -2.45. The first-order valence-corrected chi connectivity index (χ1v) is 7.14. The van der Waals surface area contributed by atoms with Gasteiger partial charge in [0.15, 0.2) is 0 Å². The van der Waals surface area contributed by atoms with Gasteiger partial charge in [-0.25, -0.2) is 0 Å². The molecule has 0 aromatic carbocycles. The van der Waals surface area contributed by atoms with Crippen LogP contribution in [0.1, 0.15) is 16.6 Å². The highest BCUT2D eigenvalue weighted by atomic mass is 79.9. The number of thiophene rings is 1. The summed E-state index contributed by atoms with van der Waals surface area (Å²) in [5, 5.41) is 8.30. The third-order valence-electron chi connectivity index (χ3n) is 2.21. The molecule has 1 unspecified atom stereocenters. The predicted molar refractivity (Wildman–Crippen MR) is 75.9 cm³/mol. The van der Waals surface area contributed by atoms with Crippen LogP contribution in [-0.4, -0.2) is 38.0 Å². The van der Waals surface area contributed by atoms with Gasteiger partial charge in [-0.15, -0.1) is 11.3 Å². The second-order valence-electron chi connectivity index (χ2n) is 3.69. The van der Waals surface area contributed by atoms with Gasteiger partial charge in [0.25, 0.3) is 5.91 Å². The van der Waals surface area contributed by atoms with Crippen LogP contribution < -0.4 is 16.0 Å². The SMILES string of the molecule is CNCCNC(=O)C(C)NC(=O)c1ccc(Br)s1. The molecule has 0 fully saturated rings. The van der Waals surface area contributed by atoms with E-state index in [1.165, 1.54) is 11.3 Å². The molecule has 0 saturated heterocycles. The molecule has 0 bridgehead atoms. The number of carbonyl (C=O) groups is 2. The van der Waals surface area contributed by atoms with Gasteiger partial charge in [-0.3, -0.25) is 9.59 Å². The second kappa shape index (κ2) is 7.50. The van der Waals surface area contributed by atoms with Crippen molar-refractivity contribution in [2.24, 2.45) is 0 Å². The van der Waals surface area contributed by atoms with Gasteiger partial charge in [-0.2, -0.15) is 0 Å². The molecule has 0 aliphatic heterocycles. The lowest BCUT2D eigenvalue weighted by atomic mass is 10.3. The van der Waals surface area contributed by atoms with Crippen molar-refractivity contribution >= 4 is 39.1 Å². The minimum absolute atomic E-state index is 0.186. The molecule has 7 heteroatoms. The molecule has 1 aromatic rings. The Bertz CT molecular complexity index is 422. The largest absolute Gasteiger partial charge is 0.353 e. The van der Waals surface area contributed by atoms with Gasteiger partial charge in [-0.1, -0.05) is 0 Å². The van der Waals surface area contributed by atoms with Crippen molar-refractivity contribution in [1.29, 1.82) is 0 Å². The Kier molecular flexibility index (Phi) is 6.31. The van der Waals surface area contributed by atoms with E-state index in [1.54, 1.807) is 19.1 Å². The highest BCUT2D eigenvalue weighted by molar-refractivity contribution is 9.11. The fourth-order valence-corrected chi connectivity index (χ4v) is 2.52. The van der Waals surface area contributed by atoms with Gasteiger partial charge in [0.2, 0.25) is 5.91 Å². The number of hydrogen-bond donors (Lipinski definition) is 3.